The van der Waals surface area contributed by atoms with Gasteiger partial charge in [-0.1, -0.05) is 19.8 Å². The highest BCUT2D eigenvalue weighted by atomic mass is 16.5. The van der Waals surface area contributed by atoms with Gasteiger partial charge in [-0.05, 0) is 63.4 Å². The van der Waals surface area contributed by atoms with Gasteiger partial charge in [-0.2, -0.15) is 0 Å². The maximum Gasteiger partial charge on any atom is 0.162 e. The zero-order chi connectivity index (χ0) is 19.2. The Kier molecular flexibility index (Phi) is 6.78. The average Bonchev–Trinajstić information content (AvgIpc) is 3.01. The topological polar surface area (TPSA) is 60.6 Å². The zero-order valence-corrected chi connectivity index (χ0v) is 17.0. The number of aromatic nitrogens is 1. The van der Waals surface area contributed by atoms with Crippen molar-refractivity contribution in [1.82, 2.24) is 9.88 Å². The third-order valence-electron chi connectivity index (χ3n) is 5.71. The summed E-state index contributed by atoms with van der Waals surface area (Å²) in [7, 11) is 3.25. The van der Waals surface area contributed by atoms with E-state index in [9.17, 15) is 0 Å². The summed E-state index contributed by atoms with van der Waals surface area (Å²) in [5.41, 5.74) is 10.3. The van der Waals surface area contributed by atoms with Crippen LogP contribution in [0.2, 0.25) is 0 Å². The van der Waals surface area contributed by atoms with Crippen molar-refractivity contribution in [2.24, 2.45) is 0 Å². The Morgan fingerprint density at radius 2 is 1.63 bits per heavy atom. The average molecular weight is 372 g/mol. The Balaban J connectivity index is 0.000000197. The van der Waals surface area contributed by atoms with E-state index in [1.807, 2.05) is 12.1 Å². The monoisotopic (exact) mass is 371 g/mol. The molecule has 148 valence electrons. The lowest BCUT2D eigenvalue weighted by atomic mass is 10.1. The van der Waals surface area contributed by atoms with E-state index in [0.717, 1.165) is 41.5 Å². The van der Waals surface area contributed by atoms with Crippen LogP contribution >= 0.6 is 0 Å². The normalized spacial score (nSPS) is 17.0. The smallest absolute Gasteiger partial charge is 0.162 e. The van der Waals surface area contributed by atoms with Gasteiger partial charge in [-0.25, -0.2) is 0 Å². The maximum absolute atomic E-state index is 6.25. The number of methoxy groups -OCH3 is 2. The summed E-state index contributed by atoms with van der Waals surface area (Å²) in [6.07, 6.45) is 8.94. The second-order valence-corrected chi connectivity index (χ2v) is 7.38. The molecule has 5 nitrogen and oxygen atoms in total. The van der Waals surface area contributed by atoms with Gasteiger partial charge < -0.3 is 20.1 Å². The summed E-state index contributed by atoms with van der Waals surface area (Å²) in [4.78, 5) is 7.23. The summed E-state index contributed by atoms with van der Waals surface area (Å²) < 4.78 is 10.6. The van der Waals surface area contributed by atoms with Gasteiger partial charge in [0, 0.05) is 22.8 Å². The standard InChI is InChI=1S/C14H16N2O2.C8H17N/c1-17-12-6-9-11(7-13(12)18-2)16-10-5-3-4-8(10)14(9)15;1-2-9-7-5-3-4-6-8-9/h6-7H,3-5H2,1-2H3,(H2,15,16);2-8H2,1H3. The number of fused-ring (bicyclic) bond motifs is 2. The van der Waals surface area contributed by atoms with E-state index in [2.05, 4.69) is 16.8 Å². The quantitative estimate of drug-likeness (QED) is 0.876. The van der Waals surface area contributed by atoms with Crippen molar-refractivity contribution in [3.63, 3.8) is 0 Å². The number of aryl methyl sites for hydroxylation is 1. The third kappa shape index (κ3) is 4.46. The number of anilines is 1. The Morgan fingerprint density at radius 3 is 2.26 bits per heavy atom. The molecule has 1 saturated heterocycles. The van der Waals surface area contributed by atoms with Gasteiger partial charge in [0.15, 0.2) is 11.5 Å². The summed E-state index contributed by atoms with van der Waals surface area (Å²) in [5.74, 6) is 1.38. The van der Waals surface area contributed by atoms with E-state index in [4.69, 9.17) is 15.2 Å². The van der Waals surface area contributed by atoms with Crippen LogP contribution in [0.1, 0.15) is 50.3 Å². The number of rotatable bonds is 3. The van der Waals surface area contributed by atoms with Crippen LogP contribution in [0.25, 0.3) is 10.9 Å². The van der Waals surface area contributed by atoms with E-state index in [1.54, 1.807) is 14.2 Å². The number of pyridine rings is 1. The third-order valence-corrected chi connectivity index (χ3v) is 5.71. The number of benzene rings is 1. The van der Waals surface area contributed by atoms with Crippen molar-refractivity contribution in [1.29, 1.82) is 0 Å². The summed E-state index contributed by atoms with van der Waals surface area (Å²) in [6, 6.07) is 3.80. The highest BCUT2D eigenvalue weighted by Crippen LogP contribution is 2.37. The van der Waals surface area contributed by atoms with Crippen LogP contribution in [0.15, 0.2) is 12.1 Å². The molecule has 0 bridgehead atoms. The second-order valence-electron chi connectivity index (χ2n) is 7.38. The first-order valence-corrected chi connectivity index (χ1v) is 10.2. The van der Waals surface area contributed by atoms with Crippen LogP contribution in [0, 0.1) is 0 Å². The molecule has 27 heavy (non-hydrogen) atoms. The molecule has 0 amide bonds. The van der Waals surface area contributed by atoms with Crippen LogP contribution in [0.4, 0.5) is 5.69 Å². The number of nitrogens with zero attached hydrogens (tertiary/aromatic N) is 2. The molecule has 0 atom stereocenters. The number of ether oxygens (including phenoxy) is 2. The fourth-order valence-corrected chi connectivity index (χ4v) is 4.08. The molecule has 2 heterocycles. The Hall–Kier alpha value is -2.01. The van der Waals surface area contributed by atoms with E-state index in [-0.39, 0.29) is 0 Å². The SMILES string of the molecule is CCN1CCCCCC1.COc1cc2nc3c(c(N)c2cc1OC)CCC3. The van der Waals surface area contributed by atoms with Crippen LogP contribution in [-0.2, 0) is 12.8 Å². The highest BCUT2D eigenvalue weighted by Gasteiger charge is 2.19. The van der Waals surface area contributed by atoms with Crippen LogP contribution in [-0.4, -0.2) is 43.7 Å². The summed E-state index contributed by atoms with van der Waals surface area (Å²) in [6.45, 7) is 6.19. The van der Waals surface area contributed by atoms with Gasteiger partial charge in [0.25, 0.3) is 0 Å². The molecule has 2 aliphatic rings. The summed E-state index contributed by atoms with van der Waals surface area (Å²) in [5, 5.41) is 0.952. The van der Waals surface area contributed by atoms with Crippen molar-refractivity contribution in [3.05, 3.63) is 23.4 Å². The first kappa shape index (κ1) is 19.7. The zero-order valence-electron chi connectivity index (χ0n) is 17.0. The van der Waals surface area contributed by atoms with Crippen molar-refractivity contribution in [2.75, 3.05) is 39.6 Å². The van der Waals surface area contributed by atoms with Crippen LogP contribution in [0.5, 0.6) is 11.5 Å². The lowest BCUT2D eigenvalue weighted by Gasteiger charge is -2.15. The highest BCUT2D eigenvalue weighted by molar-refractivity contribution is 5.94. The van der Waals surface area contributed by atoms with Crippen molar-refractivity contribution < 1.29 is 9.47 Å². The number of hydrogen-bond acceptors (Lipinski definition) is 5. The molecule has 5 heteroatoms. The maximum atomic E-state index is 6.25. The molecule has 0 radical (unpaired) electrons. The van der Waals surface area contributed by atoms with Crippen molar-refractivity contribution >= 4 is 16.6 Å². The van der Waals surface area contributed by atoms with E-state index in [0.29, 0.717) is 11.5 Å². The lowest BCUT2D eigenvalue weighted by molar-refractivity contribution is 0.301. The first-order chi connectivity index (χ1) is 13.2. The number of hydrogen-bond donors (Lipinski definition) is 1. The predicted molar refractivity (Wildman–Crippen MR) is 112 cm³/mol. The molecule has 1 aliphatic carbocycles. The fourth-order valence-electron chi connectivity index (χ4n) is 4.08. The van der Waals surface area contributed by atoms with Gasteiger partial charge in [0.1, 0.15) is 0 Å². The molecular weight excluding hydrogens is 338 g/mol. The van der Waals surface area contributed by atoms with E-state index < -0.39 is 0 Å². The van der Waals surface area contributed by atoms with Gasteiger partial charge in [-0.15, -0.1) is 0 Å². The second kappa shape index (κ2) is 9.27. The molecule has 2 N–H and O–H groups in total. The summed E-state index contributed by atoms with van der Waals surface area (Å²) >= 11 is 0. The minimum Gasteiger partial charge on any atom is -0.493 e. The minimum atomic E-state index is 0.690. The number of nitrogen functional groups attached to an aromatic ring is 1. The van der Waals surface area contributed by atoms with Gasteiger partial charge in [0.05, 0.1) is 19.7 Å². The van der Waals surface area contributed by atoms with Crippen molar-refractivity contribution in [2.45, 2.75) is 51.9 Å². The first-order valence-electron chi connectivity index (χ1n) is 10.2. The van der Waals surface area contributed by atoms with Crippen molar-refractivity contribution in [3.8, 4) is 11.5 Å². The molecule has 1 aromatic carbocycles. The molecule has 0 spiro atoms. The lowest BCUT2D eigenvalue weighted by Crippen LogP contribution is -2.23. The van der Waals surface area contributed by atoms with Crippen LogP contribution in [0.3, 0.4) is 0 Å². The van der Waals surface area contributed by atoms with E-state index in [1.165, 1.54) is 50.9 Å². The molecule has 1 aliphatic heterocycles. The molecule has 4 rings (SSSR count). The Labute approximate surface area is 162 Å². The molecule has 0 saturated carbocycles. The van der Waals surface area contributed by atoms with Gasteiger partial charge in [-0.3, -0.25) is 4.98 Å². The predicted octanol–water partition coefficient (Wildman–Crippen LogP) is 4.21. The molecule has 2 aromatic rings. The van der Waals surface area contributed by atoms with E-state index >= 15 is 0 Å². The molecule has 1 fully saturated rings. The number of likely N-dealkylation sites (tertiary alicyclic amines) is 1. The molecule has 0 unspecified atom stereocenters. The van der Waals surface area contributed by atoms with Gasteiger partial charge in [0.2, 0.25) is 0 Å². The Bertz CT molecular complexity index is 768. The Morgan fingerprint density at radius 1 is 0.963 bits per heavy atom. The fraction of sp³-hybridized carbons (Fsp3) is 0.591. The minimum absolute atomic E-state index is 0.690. The number of nitrogens with two attached hydrogens (primary N) is 1. The van der Waals surface area contributed by atoms with Crippen LogP contribution < -0.4 is 15.2 Å². The largest absolute Gasteiger partial charge is 0.493 e. The van der Waals surface area contributed by atoms with Gasteiger partial charge >= 0.3 is 0 Å². The molecular formula is C22H33N3O2. The molecule has 1 aromatic heterocycles.